The van der Waals surface area contributed by atoms with Gasteiger partial charge in [-0.2, -0.15) is 9.50 Å². The highest BCUT2D eigenvalue weighted by molar-refractivity contribution is 9.08. The second-order valence-corrected chi connectivity index (χ2v) is 9.03. The van der Waals surface area contributed by atoms with Crippen LogP contribution in [0.3, 0.4) is 0 Å². The third kappa shape index (κ3) is 5.07. The third-order valence-electron chi connectivity index (χ3n) is 5.44. The molecule has 0 unspecified atom stereocenters. The average molecular weight is 533 g/mol. The first-order valence-corrected chi connectivity index (χ1v) is 12.5. The van der Waals surface area contributed by atoms with Gasteiger partial charge in [-0.3, -0.25) is 0 Å². The van der Waals surface area contributed by atoms with Crippen LogP contribution >= 0.6 is 15.9 Å². The number of aromatic nitrogens is 4. The standard InChI is InChI=1S/C18H18N4O2.C9H7BrO/c1-11(2)15-9-17(22-18(20-15)19-12(3)21-22)23-10-14-8-13-6-4-5-7-16(13)24-14;10-6-8-5-7-3-1-2-4-9(7)11-8/h4-9,11H,10H2,1-3H3;1-5H,6H2. The lowest BCUT2D eigenvalue weighted by Crippen LogP contribution is -2.05. The van der Waals surface area contributed by atoms with Crippen LogP contribution < -0.4 is 4.74 Å². The van der Waals surface area contributed by atoms with Gasteiger partial charge in [0, 0.05) is 16.8 Å². The van der Waals surface area contributed by atoms with E-state index in [-0.39, 0.29) is 5.92 Å². The Morgan fingerprint density at radius 3 is 2.14 bits per heavy atom. The highest BCUT2D eigenvalue weighted by Crippen LogP contribution is 2.23. The van der Waals surface area contributed by atoms with Gasteiger partial charge in [-0.1, -0.05) is 66.2 Å². The molecule has 178 valence electrons. The van der Waals surface area contributed by atoms with E-state index in [0.29, 0.717) is 24.1 Å². The van der Waals surface area contributed by atoms with Crippen molar-refractivity contribution in [3.8, 4) is 5.88 Å². The summed E-state index contributed by atoms with van der Waals surface area (Å²) in [6.07, 6.45) is 0. The molecule has 8 heteroatoms. The van der Waals surface area contributed by atoms with Gasteiger partial charge in [-0.25, -0.2) is 4.98 Å². The number of ether oxygens (including phenoxy) is 1. The largest absolute Gasteiger partial charge is 0.469 e. The monoisotopic (exact) mass is 532 g/mol. The fourth-order valence-electron chi connectivity index (χ4n) is 3.71. The predicted octanol–water partition coefficient (Wildman–Crippen LogP) is 7.21. The molecule has 0 saturated carbocycles. The van der Waals surface area contributed by atoms with Crippen molar-refractivity contribution < 1.29 is 13.6 Å². The molecule has 4 aromatic heterocycles. The van der Waals surface area contributed by atoms with Crippen molar-refractivity contribution in [2.45, 2.75) is 38.6 Å². The molecule has 0 atom stereocenters. The molecule has 2 aromatic carbocycles. The summed E-state index contributed by atoms with van der Waals surface area (Å²) in [7, 11) is 0. The summed E-state index contributed by atoms with van der Waals surface area (Å²) < 4.78 is 18.9. The number of hydrogen-bond donors (Lipinski definition) is 0. The maximum Gasteiger partial charge on any atom is 0.255 e. The summed E-state index contributed by atoms with van der Waals surface area (Å²) in [5.74, 6) is 3.86. The minimum absolute atomic E-state index is 0.278. The van der Waals surface area contributed by atoms with Crippen LogP contribution in [0.4, 0.5) is 0 Å². The number of rotatable bonds is 5. The summed E-state index contributed by atoms with van der Waals surface area (Å²) >= 11 is 3.34. The third-order valence-corrected chi connectivity index (χ3v) is 6.00. The van der Waals surface area contributed by atoms with Gasteiger partial charge in [0.15, 0.2) is 0 Å². The number of fused-ring (bicyclic) bond motifs is 3. The molecule has 4 heterocycles. The Kier molecular flexibility index (Phi) is 6.55. The molecule has 0 saturated heterocycles. The van der Waals surface area contributed by atoms with Crippen molar-refractivity contribution >= 4 is 43.6 Å². The van der Waals surface area contributed by atoms with Crippen molar-refractivity contribution in [1.29, 1.82) is 0 Å². The van der Waals surface area contributed by atoms with Crippen LogP contribution in [0.25, 0.3) is 27.7 Å². The zero-order chi connectivity index (χ0) is 24.4. The lowest BCUT2D eigenvalue weighted by molar-refractivity contribution is 0.257. The molecule has 0 N–H and O–H groups in total. The summed E-state index contributed by atoms with van der Waals surface area (Å²) in [6, 6.07) is 21.9. The molecule has 0 spiro atoms. The number of benzene rings is 2. The number of nitrogens with zero attached hydrogens (tertiary/aromatic N) is 4. The van der Waals surface area contributed by atoms with Crippen LogP contribution in [-0.2, 0) is 11.9 Å². The number of furan rings is 2. The van der Waals surface area contributed by atoms with Gasteiger partial charge in [-0.15, -0.1) is 5.10 Å². The molecule has 6 aromatic rings. The van der Waals surface area contributed by atoms with Crippen LogP contribution in [0.5, 0.6) is 5.88 Å². The Hall–Kier alpha value is -3.65. The zero-order valence-electron chi connectivity index (χ0n) is 19.7. The summed E-state index contributed by atoms with van der Waals surface area (Å²) in [5, 5.41) is 7.37. The van der Waals surface area contributed by atoms with Gasteiger partial charge in [0.2, 0.25) is 5.88 Å². The van der Waals surface area contributed by atoms with E-state index in [2.05, 4.69) is 44.8 Å². The molecule has 6 rings (SSSR count). The lowest BCUT2D eigenvalue weighted by atomic mass is 10.1. The highest BCUT2D eigenvalue weighted by atomic mass is 79.9. The molecule has 7 nitrogen and oxygen atoms in total. The van der Waals surface area contributed by atoms with Gasteiger partial charge < -0.3 is 13.6 Å². The van der Waals surface area contributed by atoms with Crippen LogP contribution in [0, 0.1) is 6.92 Å². The van der Waals surface area contributed by atoms with Crippen molar-refractivity contribution in [1.82, 2.24) is 19.6 Å². The number of alkyl halides is 1. The maximum atomic E-state index is 5.97. The Morgan fingerprint density at radius 1 is 0.886 bits per heavy atom. The van der Waals surface area contributed by atoms with E-state index >= 15 is 0 Å². The smallest absolute Gasteiger partial charge is 0.255 e. The summed E-state index contributed by atoms with van der Waals surface area (Å²) in [5.41, 5.74) is 2.74. The van der Waals surface area contributed by atoms with E-state index in [1.54, 1.807) is 4.52 Å². The SMILES string of the molecule is BrCc1cc2ccccc2o1.Cc1nc2nc(C(C)C)cc(OCc3cc4ccccc4o3)n2n1. The molecule has 0 amide bonds. The second kappa shape index (κ2) is 9.92. The second-order valence-electron chi connectivity index (χ2n) is 8.47. The van der Waals surface area contributed by atoms with Crippen molar-refractivity contribution in [3.63, 3.8) is 0 Å². The minimum Gasteiger partial charge on any atom is -0.469 e. The zero-order valence-corrected chi connectivity index (χ0v) is 21.3. The molecular formula is C27H25BrN4O3. The van der Waals surface area contributed by atoms with Crippen LogP contribution in [0.2, 0.25) is 0 Å². The molecule has 0 fully saturated rings. The Labute approximate surface area is 210 Å². The molecular weight excluding hydrogens is 508 g/mol. The fraction of sp³-hybridized carbons (Fsp3) is 0.222. The quantitative estimate of drug-likeness (QED) is 0.218. The van der Waals surface area contributed by atoms with E-state index < -0.39 is 0 Å². The van der Waals surface area contributed by atoms with Crippen LogP contribution in [-0.4, -0.2) is 19.6 Å². The number of aryl methyl sites for hydroxylation is 1. The Morgan fingerprint density at radius 2 is 1.51 bits per heavy atom. The van der Waals surface area contributed by atoms with Crippen LogP contribution in [0.15, 0.2) is 75.6 Å². The first-order chi connectivity index (χ1) is 17.0. The van der Waals surface area contributed by atoms with Gasteiger partial charge in [0.1, 0.15) is 35.1 Å². The maximum absolute atomic E-state index is 5.97. The van der Waals surface area contributed by atoms with E-state index in [9.17, 15) is 0 Å². The van der Waals surface area contributed by atoms with Gasteiger partial charge in [0.25, 0.3) is 5.78 Å². The minimum atomic E-state index is 0.278. The van der Waals surface area contributed by atoms with Crippen LogP contribution in [0.1, 0.15) is 42.8 Å². The Bertz CT molecular complexity index is 1530. The van der Waals surface area contributed by atoms with Crippen molar-refractivity contribution in [3.05, 3.63) is 89.8 Å². The fourth-order valence-corrected chi connectivity index (χ4v) is 3.99. The van der Waals surface area contributed by atoms with Crippen molar-refractivity contribution in [2.24, 2.45) is 0 Å². The molecule has 35 heavy (non-hydrogen) atoms. The molecule has 0 aliphatic heterocycles. The van der Waals surface area contributed by atoms with E-state index in [1.165, 1.54) is 5.39 Å². The predicted molar refractivity (Wildman–Crippen MR) is 139 cm³/mol. The molecule has 0 aliphatic rings. The topological polar surface area (TPSA) is 78.6 Å². The van der Waals surface area contributed by atoms with Gasteiger partial charge in [0.05, 0.1) is 11.0 Å². The first kappa shape index (κ1) is 23.1. The number of halogens is 1. The summed E-state index contributed by atoms with van der Waals surface area (Å²) in [6.45, 7) is 6.34. The lowest BCUT2D eigenvalue weighted by Gasteiger charge is -2.09. The van der Waals surface area contributed by atoms with E-state index in [4.69, 9.17) is 13.6 Å². The van der Waals surface area contributed by atoms with E-state index in [1.807, 2.05) is 73.7 Å². The Balaban J connectivity index is 0.000000192. The number of para-hydroxylation sites is 2. The molecule has 0 aliphatic carbocycles. The average Bonchev–Trinajstić information content (AvgIpc) is 3.57. The van der Waals surface area contributed by atoms with Gasteiger partial charge in [-0.05, 0) is 37.1 Å². The summed E-state index contributed by atoms with van der Waals surface area (Å²) in [4.78, 5) is 8.88. The van der Waals surface area contributed by atoms with Crippen molar-refractivity contribution in [2.75, 3.05) is 0 Å². The first-order valence-electron chi connectivity index (χ1n) is 11.4. The highest BCUT2D eigenvalue weighted by Gasteiger charge is 2.13. The molecule has 0 radical (unpaired) electrons. The van der Waals surface area contributed by atoms with Gasteiger partial charge >= 0.3 is 0 Å². The van der Waals surface area contributed by atoms with E-state index in [0.717, 1.165) is 39.1 Å². The molecule has 0 bridgehead atoms. The number of hydrogen-bond acceptors (Lipinski definition) is 6. The normalized spacial score (nSPS) is 11.3.